The standard InChI is InChI=1S/C18H18Cl2N2O3S/c1-24-8-9-25-15-6-3-12(4-7-15)17(23)22-18(26)21-11-13-2-5-14(19)10-16(13)20/h2-7,10H,8-9,11H2,1H3,(H2,21,22,23,26). The second-order valence-corrected chi connectivity index (χ2v) is 6.49. The summed E-state index contributed by atoms with van der Waals surface area (Å²) < 4.78 is 10.4. The minimum Gasteiger partial charge on any atom is -0.491 e. The Hall–Kier alpha value is -1.86. The van der Waals surface area contributed by atoms with Crippen LogP contribution >= 0.6 is 35.4 Å². The topological polar surface area (TPSA) is 59.6 Å². The molecule has 0 unspecified atom stereocenters. The van der Waals surface area contributed by atoms with Crippen LogP contribution in [0.5, 0.6) is 5.75 Å². The number of ether oxygens (including phenoxy) is 2. The third-order valence-corrected chi connectivity index (χ3v) is 4.19. The molecule has 5 nitrogen and oxygen atoms in total. The monoisotopic (exact) mass is 412 g/mol. The lowest BCUT2D eigenvalue weighted by molar-refractivity contribution is 0.0976. The van der Waals surface area contributed by atoms with E-state index in [0.29, 0.717) is 41.1 Å². The minimum absolute atomic E-state index is 0.210. The molecule has 0 bridgehead atoms. The van der Waals surface area contributed by atoms with Crippen molar-refractivity contribution in [3.05, 3.63) is 63.6 Å². The second-order valence-electron chi connectivity index (χ2n) is 5.24. The Bertz CT molecular complexity index is 770. The summed E-state index contributed by atoms with van der Waals surface area (Å²) in [7, 11) is 1.61. The van der Waals surface area contributed by atoms with Gasteiger partial charge in [0.2, 0.25) is 0 Å². The van der Waals surface area contributed by atoms with Gasteiger partial charge in [0.25, 0.3) is 5.91 Å². The summed E-state index contributed by atoms with van der Waals surface area (Å²) in [5, 5.41) is 6.86. The van der Waals surface area contributed by atoms with E-state index in [9.17, 15) is 4.79 Å². The molecule has 0 aliphatic carbocycles. The van der Waals surface area contributed by atoms with Crippen molar-refractivity contribution >= 4 is 46.4 Å². The van der Waals surface area contributed by atoms with E-state index in [1.165, 1.54) is 0 Å². The first-order valence-corrected chi connectivity index (χ1v) is 8.91. The normalized spacial score (nSPS) is 10.3. The number of rotatable bonds is 7. The van der Waals surface area contributed by atoms with Crippen LogP contribution in [-0.4, -0.2) is 31.3 Å². The predicted octanol–water partition coefficient (Wildman–Crippen LogP) is 3.82. The van der Waals surface area contributed by atoms with Crippen LogP contribution in [0.4, 0.5) is 0 Å². The van der Waals surface area contributed by atoms with Crippen molar-refractivity contribution in [2.24, 2.45) is 0 Å². The zero-order valence-corrected chi connectivity index (χ0v) is 16.4. The van der Waals surface area contributed by atoms with Gasteiger partial charge in [0.15, 0.2) is 5.11 Å². The molecule has 0 heterocycles. The molecule has 0 radical (unpaired) electrons. The van der Waals surface area contributed by atoms with E-state index < -0.39 is 0 Å². The van der Waals surface area contributed by atoms with Crippen molar-refractivity contribution in [1.29, 1.82) is 0 Å². The fourth-order valence-corrected chi connectivity index (χ4v) is 2.65. The highest BCUT2D eigenvalue weighted by molar-refractivity contribution is 7.80. The number of methoxy groups -OCH3 is 1. The largest absolute Gasteiger partial charge is 0.491 e. The molecule has 138 valence electrons. The van der Waals surface area contributed by atoms with E-state index in [1.54, 1.807) is 49.6 Å². The number of thiocarbonyl (C=S) groups is 1. The Kier molecular flexibility index (Phi) is 8.12. The maximum atomic E-state index is 12.2. The van der Waals surface area contributed by atoms with Crippen LogP contribution in [0.15, 0.2) is 42.5 Å². The highest BCUT2D eigenvalue weighted by Gasteiger charge is 2.09. The van der Waals surface area contributed by atoms with Crippen molar-refractivity contribution in [2.45, 2.75) is 6.54 Å². The minimum atomic E-state index is -0.312. The molecule has 0 fully saturated rings. The van der Waals surface area contributed by atoms with Gasteiger partial charge in [0.05, 0.1) is 6.61 Å². The molecular formula is C18H18Cl2N2O3S. The molecule has 1 amide bonds. The molecule has 2 aromatic rings. The molecule has 0 aromatic heterocycles. The lowest BCUT2D eigenvalue weighted by Crippen LogP contribution is -2.38. The van der Waals surface area contributed by atoms with Crippen LogP contribution in [0.1, 0.15) is 15.9 Å². The van der Waals surface area contributed by atoms with Crippen molar-refractivity contribution in [1.82, 2.24) is 10.6 Å². The van der Waals surface area contributed by atoms with Gasteiger partial charge in [-0.25, -0.2) is 0 Å². The highest BCUT2D eigenvalue weighted by Crippen LogP contribution is 2.20. The maximum absolute atomic E-state index is 12.2. The van der Waals surface area contributed by atoms with Gasteiger partial charge in [-0.2, -0.15) is 0 Å². The van der Waals surface area contributed by atoms with Crippen LogP contribution in [0.2, 0.25) is 10.0 Å². The third-order valence-electron chi connectivity index (χ3n) is 3.35. The van der Waals surface area contributed by atoms with Gasteiger partial charge < -0.3 is 14.8 Å². The van der Waals surface area contributed by atoms with Crippen LogP contribution in [0, 0.1) is 0 Å². The predicted molar refractivity (Wildman–Crippen MR) is 107 cm³/mol. The summed E-state index contributed by atoms with van der Waals surface area (Å²) >= 11 is 17.1. The Labute approximate surface area is 167 Å². The Balaban J connectivity index is 1.83. The first kappa shape index (κ1) is 20.5. The van der Waals surface area contributed by atoms with Gasteiger partial charge in [-0.15, -0.1) is 0 Å². The average molecular weight is 413 g/mol. The zero-order chi connectivity index (χ0) is 18.9. The van der Waals surface area contributed by atoms with Crippen molar-refractivity contribution in [3.8, 4) is 5.75 Å². The van der Waals surface area contributed by atoms with Gasteiger partial charge in [0.1, 0.15) is 12.4 Å². The molecule has 2 aromatic carbocycles. The van der Waals surface area contributed by atoms with Gasteiger partial charge in [-0.05, 0) is 54.2 Å². The molecule has 0 saturated heterocycles. The smallest absolute Gasteiger partial charge is 0.257 e. The number of carbonyl (C=O) groups excluding carboxylic acids is 1. The fraction of sp³-hybridized carbons (Fsp3) is 0.222. The summed E-state index contributed by atoms with van der Waals surface area (Å²) in [6, 6.07) is 11.9. The van der Waals surface area contributed by atoms with Gasteiger partial charge in [-0.3, -0.25) is 10.1 Å². The molecule has 26 heavy (non-hydrogen) atoms. The quantitative estimate of drug-likeness (QED) is 0.534. The lowest BCUT2D eigenvalue weighted by atomic mass is 10.2. The summed E-state index contributed by atoms with van der Waals surface area (Å²) in [4.78, 5) is 12.2. The van der Waals surface area contributed by atoms with Crippen LogP contribution in [0.3, 0.4) is 0 Å². The lowest BCUT2D eigenvalue weighted by Gasteiger charge is -2.11. The fourth-order valence-electron chi connectivity index (χ4n) is 2.01. The molecule has 8 heteroatoms. The van der Waals surface area contributed by atoms with E-state index in [1.807, 2.05) is 0 Å². The van der Waals surface area contributed by atoms with Crippen LogP contribution < -0.4 is 15.4 Å². The highest BCUT2D eigenvalue weighted by atomic mass is 35.5. The zero-order valence-electron chi connectivity index (χ0n) is 14.1. The molecule has 0 aliphatic heterocycles. The van der Waals surface area contributed by atoms with E-state index >= 15 is 0 Å². The average Bonchev–Trinajstić information content (AvgIpc) is 2.61. The molecule has 2 N–H and O–H groups in total. The molecule has 2 rings (SSSR count). The van der Waals surface area contributed by atoms with E-state index in [4.69, 9.17) is 44.9 Å². The summed E-state index contributed by atoms with van der Waals surface area (Å²) in [6.45, 7) is 1.32. The first-order valence-electron chi connectivity index (χ1n) is 7.74. The van der Waals surface area contributed by atoms with Crippen LogP contribution in [0.25, 0.3) is 0 Å². The van der Waals surface area contributed by atoms with Gasteiger partial charge in [0, 0.05) is 29.3 Å². The number of benzene rings is 2. The number of hydrogen-bond donors (Lipinski definition) is 2. The summed E-state index contributed by atoms with van der Waals surface area (Å²) in [6.07, 6.45) is 0. The Morgan fingerprint density at radius 1 is 1.12 bits per heavy atom. The summed E-state index contributed by atoms with van der Waals surface area (Å²) in [5.41, 5.74) is 1.29. The Morgan fingerprint density at radius 2 is 1.85 bits per heavy atom. The summed E-state index contributed by atoms with van der Waals surface area (Å²) in [5.74, 6) is 0.352. The second kappa shape index (κ2) is 10.3. The Morgan fingerprint density at radius 3 is 2.50 bits per heavy atom. The van der Waals surface area contributed by atoms with Crippen molar-refractivity contribution in [3.63, 3.8) is 0 Å². The molecule has 0 spiro atoms. The molecule has 0 atom stereocenters. The third kappa shape index (κ3) is 6.46. The van der Waals surface area contributed by atoms with Crippen LogP contribution in [-0.2, 0) is 11.3 Å². The van der Waals surface area contributed by atoms with E-state index in [-0.39, 0.29) is 11.0 Å². The van der Waals surface area contributed by atoms with Crippen molar-refractivity contribution in [2.75, 3.05) is 20.3 Å². The number of nitrogens with one attached hydrogen (secondary N) is 2. The molecule has 0 aliphatic rings. The van der Waals surface area contributed by atoms with E-state index in [2.05, 4.69) is 10.6 Å². The molecule has 0 saturated carbocycles. The maximum Gasteiger partial charge on any atom is 0.257 e. The number of carbonyl (C=O) groups is 1. The van der Waals surface area contributed by atoms with Gasteiger partial charge >= 0.3 is 0 Å². The number of hydrogen-bond acceptors (Lipinski definition) is 4. The molecular weight excluding hydrogens is 395 g/mol. The van der Waals surface area contributed by atoms with Gasteiger partial charge in [-0.1, -0.05) is 29.3 Å². The van der Waals surface area contributed by atoms with Crippen molar-refractivity contribution < 1.29 is 14.3 Å². The first-order chi connectivity index (χ1) is 12.5. The number of halogens is 2. The SMILES string of the molecule is COCCOc1ccc(C(=O)NC(=S)NCc2ccc(Cl)cc2Cl)cc1. The number of amides is 1. The van der Waals surface area contributed by atoms with E-state index in [0.717, 1.165) is 5.56 Å².